The number of rotatable bonds is 4. The van der Waals surface area contributed by atoms with Crippen molar-refractivity contribution in [2.24, 2.45) is 0 Å². The van der Waals surface area contributed by atoms with Gasteiger partial charge in [-0.15, -0.1) is 0 Å². The monoisotopic (exact) mass is 291 g/mol. The van der Waals surface area contributed by atoms with Gasteiger partial charge in [-0.3, -0.25) is 4.79 Å². The zero-order valence-corrected chi connectivity index (χ0v) is 10.3. The molecule has 0 atom stereocenters. The van der Waals surface area contributed by atoms with Crippen molar-refractivity contribution in [2.75, 3.05) is 11.9 Å². The average molecular weight is 293 g/mol. The van der Waals surface area contributed by atoms with Crippen LogP contribution in [0.3, 0.4) is 0 Å². The van der Waals surface area contributed by atoms with Crippen LogP contribution in [0.4, 0.5) is 5.69 Å². The molecule has 1 aromatic rings. The minimum atomic E-state index is -0.149. The number of aliphatic hydroxyl groups excluding tert-OH is 1. The van der Waals surface area contributed by atoms with E-state index in [-0.39, 0.29) is 12.5 Å². The molecule has 0 aliphatic carbocycles. The zero-order chi connectivity index (χ0) is 11.3. The third kappa shape index (κ3) is 4.20. The van der Waals surface area contributed by atoms with Crippen molar-refractivity contribution >= 4 is 39.1 Å². The second kappa shape index (κ2) is 6.10. The number of halogens is 2. The van der Waals surface area contributed by atoms with E-state index in [0.29, 0.717) is 23.6 Å². The largest absolute Gasteiger partial charge is 0.396 e. The van der Waals surface area contributed by atoms with E-state index in [4.69, 9.17) is 16.7 Å². The molecule has 0 saturated heterocycles. The Balaban J connectivity index is 2.63. The maximum atomic E-state index is 11.3. The summed E-state index contributed by atoms with van der Waals surface area (Å²) >= 11 is 9.18. The number of anilines is 1. The lowest BCUT2D eigenvalue weighted by atomic mass is 10.2. The number of carbonyl (C=O) groups is 1. The Morgan fingerprint density at radius 1 is 1.53 bits per heavy atom. The number of benzene rings is 1. The van der Waals surface area contributed by atoms with Gasteiger partial charge in [0.15, 0.2) is 0 Å². The van der Waals surface area contributed by atoms with Gasteiger partial charge < -0.3 is 10.4 Å². The van der Waals surface area contributed by atoms with E-state index in [1.807, 2.05) is 0 Å². The molecule has 0 radical (unpaired) electrons. The van der Waals surface area contributed by atoms with Gasteiger partial charge in [-0.2, -0.15) is 0 Å². The summed E-state index contributed by atoms with van der Waals surface area (Å²) in [5, 5.41) is 11.7. The molecule has 0 unspecified atom stereocenters. The molecular formula is C10H11BrClNO2. The van der Waals surface area contributed by atoms with Crippen LogP contribution in [0.1, 0.15) is 12.8 Å². The molecule has 1 rings (SSSR count). The quantitative estimate of drug-likeness (QED) is 0.896. The summed E-state index contributed by atoms with van der Waals surface area (Å²) < 4.78 is 0.851. The smallest absolute Gasteiger partial charge is 0.224 e. The van der Waals surface area contributed by atoms with Gasteiger partial charge in [0.05, 0.1) is 10.7 Å². The first-order chi connectivity index (χ1) is 7.13. The van der Waals surface area contributed by atoms with Gasteiger partial charge in [-0.05, 0) is 24.6 Å². The molecule has 0 bridgehead atoms. The molecule has 0 saturated carbocycles. The molecule has 1 aromatic carbocycles. The SMILES string of the molecule is O=C(CCCO)Nc1cc(Br)ccc1Cl. The van der Waals surface area contributed by atoms with Crippen molar-refractivity contribution in [1.82, 2.24) is 0 Å². The van der Waals surface area contributed by atoms with Gasteiger partial charge in [-0.1, -0.05) is 27.5 Å². The number of nitrogens with one attached hydrogen (secondary N) is 1. The topological polar surface area (TPSA) is 49.3 Å². The van der Waals surface area contributed by atoms with E-state index in [0.717, 1.165) is 4.47 Å². The molecule has 0 spiro atoms. The number of carbonyl (C=O) groups excluding carboxylic acids is 1. The van der Waals surface area contributed by atoms with Crippen LogP contribution >= 0.6 is 27.5 Å². The lowest BCUT2D eigenvalue weighted by molar-refractivity contribution is -0.116. The van der Waals surface area contributed by atoms with Crippen LogP contribution in [0, 0.1) is 0 Å². The molecular weight excluding hydrogens is 281 g/mol. The number of hydrogen-bond acceptors (Lipinski definition) is 2. The normalized spacial score (nSPS) is 10.1. The Morgan fingerprint density at radius 2 is 2.27 bits per heavy atom. The zero-order valence-electron chi connectivity index (χ0n) is 7.96. The van der Waals surface area contributed by atoms with Gasteiger partial charge in [0.1, 0.15) is 0 Å². The fourth-order valence-corrected chi connectivity index (χ4v) is 1.57. The fourth-order valence-electron chi connectivity index (χ4n) is 1.05. The van der Waals surface area contributed by atoms with Crippen molar-refractivity contribution in [3.63, 3.8) is 0 Å². The molecule has 0 fully saturated rings. The maximum Gasteiger partial charge on any atom is 0.224 e. The van der Waals surface area contributed by atoms with Gasteiger partial charge in [-0.25, -0.2) is 0 Å². The summed E-state index contributed by atoms with van der Waals surface area (Å²) in [5.74, 6) is -0.149. The van der Waals surface area contributed by atoms with Crippen LogP contribution in [0.2, 0.25) is 5.02 Å². The van der Waals surface area contributed by atoms with Crippen LogP contribution in [-0.4, -0.2) is 17.6 Å². The summed E-state index contributed by atoms with van der Waals surface area (Å²) in [7, 11) is 0. The number of aliphatic hydroxyl groups is 1. The average Bonchev–Trinajstić information content (AvgIpc) is 2.20. The molecule has 2 N–H and O–H groups in total. The standard InChI is InChI=1S/C10H11BrClNO2/c11-7-3-4-8(12)9(6-7)13-10(15)2-1-5-14/h3-4,6,14H,1-2,5H2,(H,13,15). The third-order valence-corrected chi connectivity index (χ3v) is 2.59. The van der Waals surface area contributed by atoms with Crippen molar-refractivity contribution < 1.29 is 9.90 Å². The summed E-state index contributed by atoms with van der Waals surface area (Å²) in [4.78, 5) is 11.3. The van der Waals surface area contributed by atoms with E-state index in [2.05, 4.69) is 21.2 Å². The highest BCUT2D eigenvalue weighted by Crippen LogP contribution is 2.25. The maximum absolute atomic E-state index is 11.3. The van der Waals surface area contributed by atoms with Crippen molar-refractivity contribution in [3.05, 3.63) is 27.7 Å². The minimum absolute atomic E-state index is 0.0135. The highest BCUT2D eigenvalue weighted by atomic mass is 79.9. The predicted molar refractivity (Wildman–Crippen MR) is 64.1 cm³/mol. The lowest BCUT2D eigenvalue weighted by Gasteiger charge is -2.06. The Kier molecular flexibility index (Phi) is 5.08. The van der Waals surface area contributed by atoms with Crippen molar-refractivity contribution in [2.45, 2.75) is 12.8 Å². The molecule has 0 aliphatic heterocycles. The fraction of sp³-hybridized carbons (Fsp3) is 0.300. The van der Waals surface area contributed by atoms with E-state index in [1.54, 1.807) is 18.2 Å². The highest BCUT2D eigenvalue weighted by Gasteiger charge is 2.05. The first kappa shape index (κ1) is 12.5. The van der Waals surface area contributed by atoms with Crippen molar-refractivity contribution in [3.8, 4) is 0 Å². The lowest BCUT2D eigenvalue weighted by Crippen LogP contribution is -2.12. The minimum Gasteiger partial charge on any atom is -0.396 e. The molecule has 5 heteroatoms. The molecule has 0 aliphatic rings. The van der Waals surface area contributed by atoms with Gasteiger partial charge in [0.25, 0.3) is 0 Å². The van der Waals surface area contributed by atoms with Gasteiger partial charge >= 0.3 is 0 Å². The Morgan fingerprint density at radius 3 is 2.93 bits per heavy atom. The Labute approximate surface area is 102 Å². The van der Waals surface area contributed by atoms with Crippen LogP contribution in [-0.2, 0) is 4.79 Å². The number of hydrogen-bond donors (Lipinski definition) is 2. The van der Waals surface area contributed by atoms with Crippen LogP contribution < -0.4 is 5.32 Å². The Bertz CT molecular complexity index is 357. The predicted octanol–water partition coefficient (Wildman–Crippen LogP) is 2.81. The van der Waals surface area contributed by atoms with Crippen LogP contribution in [0.5, 0.6) is 0 Å². The summed E-state index contributed by atoms with van der Waals surface area (Å²) in [6.07, 6.45) is 0.747. The summed E-state index contributed by atoms with van der Waals surface area (Å²) in [6, 6.07) is 5.23. The van der Waals surface area contributed by atoms with E-state index < -0.39 is 0 Å². The molecule has 82 valence electrons. The summed E-state index contributed by atoms with van der Waals surface area (Å²) in [5.41, 5.74) is 0.578. The van der Waals surface area contributed by atoms with E-state index in [9.17, 15) is 4.79 Å². The molecule has 3 nitrogen and oxygen atoms in total. The van der Waals surface area contributed by atoms with E-state index in [1.165, 1.54) is 0 Å². The molecule has 0 heterocycles. The molecule has 15 heavy (non-hydrogen) atoms. The Hall–Kier alpha value is -0.580. The summed E-state index contributed by atoms with van der Waals surface area (Å²) in [6.45, 7) is 0.0135. The van der Waals surface area contributed by atoms with Crippen LogP contribution in [0.25, 0.3) is 0 Å². The third-order valence-electron chi connectivity index (χ3n) is 1.76. The van der Waals surface area contributed by atoms with E-state index >= 15 is 0 Å². The van der Waals surface area contributed by atoms with Gasteiger partial charge in [0, 0.05) is 17.5 Å². The van der Waals surface area contributed by atoms with Gasteiger partial charge in [0.2, 0.25) is 5.91 Å². The van der Waals surface area contributed by atoms with Crippen molar-refractivity contribution in [1.29, 1.82) is 0 Å². The second-order valence-electron chi connectivity index (χ2n) is 3.00. The van der Waals surface area contributed by atoms with Crippen LogP contribution in [0.15, 0.2) is 22.7 Å². The first-order valence-corrected chi connectivity index (χ1v) is 5.66. The first-order valence-electron chi connectivity index (χ1n) is 4.49. The number of amides is 1. The highest BCUT2D eigenvalue weighted by molar-refractivity contribution is 9.10. The second-order valence-corrected chi connectivity index (χ2v) is 4.32. The molecule has 0 aromatic heterocycles. The molecule has 1 amide bonds.